The third-order valence-electron chi connectivity index (χ3n) is 3.00. The molecule has 90 valence electrons. The quantitative estimate of drug-likeness (QED) is 0.829. The van der Waals surface area contributed by atoms with Crippen LogP contribution in [0.3, 0.4) is 0 Å². The van der Waals surface area contributed by atoms with E-state index in [-0.39, 0.29) is 6.04 Å². The van der Waals surface area contributed by atoms with E-state index >= 15 is 0 Å². The molecule has 0 aromatic heterocycles. The van der Waals surface area contributed by atoms with Crippen LogP contribution in [0.5, 0.6) is 0 Å². The Bertz CT molecular complexity index is 324. The van der Waals surface area contributed by atoms with E-state index in [0.29, 0.717) is 0 Å². The van der Waals surface area contributed by atoms with E-state index in [9.17, 15) is 0 Å². The molecule has 2 nitrogen and oxygen atoms in total. The molecule has 0 radical (unpaired) electrons. The zero-order chi connectivity index (χ0) is 12.1. The van der Waals surface area contributed by atoms with E-state index in [1.807, 2.05) is 0 Å². The van der Waals surface area contributed by atoms with Crippen molar-refractivity contribution in [1.82, 2.24) is 0 Å². The van der Waals surface area contributed by atoms with Gasteiger partial charge in [-0.25, -0.2) is 0 Å². The average Bonchev–Trinajstić information content (AvgIpc) is 2.20. The number of hydrogen-bond acceptors (Lipinski definition) is 2. The van der Waals surface area contributed by atoms with Crippen LogP contribution in [0.4, 0.5) is 0 Å². The minimum absolute atomic E-state index is 0.194. The fraction of sp³-hybridized carbons (Fsp3) is 0.571. The first-order chi connectivity index (χ1) is 7.54. The SMILES string of the molecule is COCCC(N)Cc1c(C)cc(C)cc1C. The van der Waals surface area contributed by atoms with Crippen LogP contribution in [0.25, 0.3) is 0 Å². The van der Waals surface area contributed by atoms with Crippen LogP contribution in [0.15, 0.2) is 12.1 Å². The first kappa shape index (κ1) is 13.2. The third kappa shape index (κ3) is 3.62. The van der Waals surface area contributed by atoms with Crippen LogP contribution >= 0.6 is 0 Å². The van der Waals surface area contributed by atoms with Gasteiger partial charge in [0.25, 0.3) is 0 Å². The summed E-state index contributed by atoms with van der Waals surface area (Å²) in [4.78, 5) is 0. The molecular weight excluding hydrogens is 198 g/mol. The Morgan fingerprint density at radius 3 is 2.25 bits per heavy atom. The second-order valence-corrected chi connectivity index (χ2v) is 4.62. The largest absolute Gasteiger partial charge is 0.385 e. The maximum Gasteiger partial charge on any atom is 0.0477 e. The summed E-state index contributed by atoms with van der Waals surface area (Å²) in [5.41, 5.74) is 11.5. The molecule has 0 amide bonds. The van der Waals surface area contributed by atoms with Crippen molar-refractivity contribution in [3.8, 4) is 0 Å². The molecule has 16 heavy (non-hydrogen) atoms. The van der Waals surface area contributed by atoms with Gasteiger partial charge in [0.05, 0.1) is 0 Å². The Kier molecular flexibility index (Phi) is 4.97. The number of ether oxygens (including phenoxy) is 1. The predicted molar refractivity (Wildman–Crippen MR) is 68.8 cm³/mol. The Morgan fingerprint density at radius 2 is 1.75 bits per heavy atom. The van der Waals surface area contributed by atoms with E-state index in [1.165, 1.54) is 22.3 Å². The molecule has 0 bridgehead atoms. The van der Waals surface area contributed by atoms with Gasteiger partial charge in [-0.3, -0.25) is 0 Å². The van der Waals surface area contributed by atoms with Gasteiger partial charge in [0.15, 0.2) is 0 Å². The lowest BCUT2D eigenvalue weighted by molar-refractivity contribution is 0.188. The molecule has 0 aliphatic heterocycles. The summed E-state index contributed by atoms with van der Waals surface area (Å²) in [6, 6.07) is 4.65. The normalized spacial score (nSPS) is 12.8. The summed E-state index contributed by atoms with van der Waals surface area (Å²) in [7, 11) is 1.72. The maximum absolute atomic E-state index is 6.09. The predicted octanol–water partition coefficient (Wildman–Crippen LogP) is 2.52. The molecule has 1 atom stereocenters. The molecule has 0 saturated heterocycles. The summed E-state index contributed by atoms with van der Waals surface area (Å²) in [6.45, 7) is 7.20. The fourth-order valence-electron chi connectivity index (χ4n) is 2.17. The number of hydrogen-bond donors (Lipinski definition) is 1. The molecule has 1 aromatic rings. The van der Waals surface area contributed by atoms with Crippen LogP contribution in [-0.2, 0) is 11.2 Å². The van der Waals surface area contributed by atoms with Gasteiger partial charge in [0.2, 0.25) is 0 Å². The molecule has 0 aliphatic carbocycles. The van der Waals surface area contributed by atoms with Crippen molar-refractivity contribution < 1.29 is 4.74 Å². The van der Waals surface area contributed by atoms with Gasteiger partial charge in [-0.15, -0.1) is 0 Å². The minimum Gasteiger partial charge on any atom is -0.385 e. The van der Waals surface area contributed by atoms with E-state index in [0.717, 1.165) is 19.4 Å². The van der Waals surface area contributed by atoms with Crippen LogP contribution in [0.2, 0.25) is 0 Å². The third-order valence-corrected chi connectivity index (χ3v) is 3.00. The molecule has 2 heteroatoms. The van der Waals surface area contributed by atoms with Crippen molar-refractivity contribution in [3.63, 3.8) is 0 Å². The summed E-state index contributed by atoms with van der Waals surface area (Å²) >= 11 is 0. The highest BCUT2D eigenvalue weighted by Crippen LogP contribution is 2.18. The lowest BCUT2D eigenvalue weighted by atomic mass is 9.94. The van der Waals surface area contributed by atoms with Gasteiger partial charge < -0.3 is 10.5 Å². The molecule has 1 aromatic carbocycles. The molecule has 0 aliphatic rings. The molecule has 2 N–H and O–H groups in total. The van der Waals surface area contributed by atoms with Gasteiger partial charge in [0.1, 0.15) is 0 Å². The first-order valence-electron chi connectivity index (χ1n) is 5.86. The van der Waals surface area contributed by atoms with Crippen molar-refractivity contribution in [2.45, 2.75) is 39.7 Å². The smallest absolute Gasteiger partial charge is 0.0477 e. The van der Waals surface area contributed by atoms with Crippen molar-refractivity contribution in [1.29, 1.82) is 0 Å². The summed E-state index contributed by atoms with van der Waals surface area (Å²) in [6.07, 6.45) is 1.87. The number of aryl methyl sites for hydroxylation is 3. The highest BCUT2D eigenvalue weighted by Gasteiger charge is 2.09. The van der Waals surface area contributed by atoms with Gasteiger partial charge in [-0.2, -0.15) is 0 Å². The molecule has 0 heterocycles. The molecule has 1 unspecified atom stereocenters. The number of rotatable bonds is 5. The van der Waals surface area contributed by atoms with Gasteiger partial charge >= 0.3 is 0 Å². The van der Waals surface area contributed by atoms with E-state index in [1.54, 1.807) is 7.11 Å². The van der Waals surface area contributed by atoms with Crippen molar-refractivity contribution in [3.05, 3.63) is 34.4 Å². The topological polar surface area (TPSA) is 35.2 Å². The van der Waals surface area contributed by atoms with E-state index in [2.05, 4.69) is 32.9 Å². The Morgan fingerprint density at radius 1 is 1.19 bits per heavy atom. The summed E-state index contributed by atoms with van der Waals surface area (Å²) in [5, 5.41) is 0. The molecule has 1 rings (SSSR count). The maximum atomic E-state index is 6.09. The van der Waals surface area contributed by atoms with Crippen molar-refractivity contribution in [2.24, 2.45) is 5.73 Å². The highest BCUT2D eigenvalue weighted by atomic mass is 16.5. The second-order valence-electron chi connectivity index (χ2n) is 4.62. The van der Waals surface area contributed by atoms with Crippen molar-refractivity contribution in [2.75, 3.05) is 13.7 Å². The zero-order valence-electron chi connectivity index (χ0n) is 10.8. The monoisotopic (exact) mass is 221 g/mol. The standard InChI is InChI=1S/C14H23NO/c1-10-7-11(2)14(12(3)8-10)9-13(15)5-6-16-4/h7-8,13H,5-6,9,15H2,1-4H3. The Hall–Kier alpha value is -0.860. The molecule has 0 fully saturated rings. The van der Waals surface area contributed by atoms with Crippen LogP contribution in [0, 0.1) is 20.8 Å². The van der Waals surface area contributed by atoms with Crippen LogP contribution < -0.4 is 5.73 Å². The summed E-state index contributed by atoms with van der Waals surface area (Å²) < 4.78 is 5.05. The Labute approximate surface area is 98.8 Å². The average molecular weight is 221 g/mol. The molecular formula is C14H23NO. The highest BCUT2D eigenvalue weighted by molar-refractivity contribution is 5.37. The minimum atomic E-state index is 0.194. The van der Waals surface area contributed by atoms with E-state index in [4.69, 9.17) is 10.5 Å². The van der Waals surface area contributed by atoms with Crippen LogP contribution in [-0.4, -0.2) is 19.8 Å². The van der Waals surface area contributed by atoms with E-state index < -0.39 is 0 Å². The first-order valence-corrected chi connectivity index (χ1v) is 5.86. The zero-order valence-corrected chi connectivity index (χ0v) is 10.8. The van der Waals surface area contributed by atoms with Gasteiger partial charge in [-0.05, 0) is 50.3 Å². The van der Waals surface area contributed by atoms with Crippen LogP contribution in [0.1, 0.15) is 28.7 Å². The summed E-state index contributed by atoms with van der Waals surface area (Å²) in [5.74, 6) is 0. The van der Waals surface area contributed by atoms with Crippen molar-refractivity contribution >= 4 is 0 Å². The number of nitrogens with two attached hydrogens (primary N) is 1. The second kappa shape index (κ2) is 6.02. The molecule has 0 saturated carbocycles. The number of benzene rings is 1. The molecule has 0 spiro atoms. The number of methoxy groups -OCH3 is 1. The lowest BCUT2D eigenvalue weighted by Gasteiger charge is -2.16. The lowest BCUT2D eigenvalue weighted by Crippen LogP contribution is -2.25. The van der Waals surface area contributed by atoms with Gasteiger partial charge in [0, 0.05) is 19.8 Å². The Balaban J connectivity index is 2.73. The fourth-order valence-corrected chi connectivity index (χ4v) is 2.17. The van der Waals surface area contributed by atoms with Gasteiger partial charge in [-0.1, -0.05) is 17.7 Å².